The molecular formula is C16H12BrF3N2O5S2. The van der Waals surface area contributed by atoms with E-state index >= 15 is 0 Å². The number of halogens is 4. The highest BCUT2D eigenvalue weighted by atomic mass is 79.9. The van der Waals surface area contributed by atoms with E-state index in [0.717, 1.165) is 22.9 Å². The van der Waals surface area contributed by atoms with E-state index in [1.54, 1.807) is 5.38 Å². The maximum atomic E-state index is 12.8. The lowest BCUT2D eigenvalue weighted by molar-refractivity contribution is -0.137. The van der Waals surface area contributed by atoms with Crippen LogP contribution in [-0.4, -0.2) is 31.1 Å². The summed E-state index contributed by atoms with van der Waals surface area (Å²) in [6.45, 7) is -0.393. The van der Waals surface area contributed by atoms with Gasteiger partial charge in [0.1, 0.15) is 4.88 Å². The molecule has 0 aliphatic rings. The largest absolute Gasteiger partial charge is 0.494 e. The number of ether oxygens (including phenoxy) is 1. The highest BCUT2D eigenvalue weighted by molar-refractivity contribution is 9.10. The average molecular weight is 513 g/mol. The van der Waals surface area contributed by atoms with Crippen molar-refractivity contribution in [3.05, 3.63) is 50.2 Å². The van der Waals surface area contributed by atoms with Crippen molar-refractivity contribution in [3.8, 4) is 16.5 Å². The molecular weight excluding hydrogens is 501 g/mol. The summed E-state index contributed by atoms with van der Waals surface area (Å²) in [5, 5.41) is 5.66. The summed E-state index contributed by atoms with van der Waals surface area (Å²) in [4.78, 5) is 11.9. The van der Waals surface area contributed by atoms with Gasteiger partial charge in [-0.15, -0.1) is 16.4 Å². The molecule has 0 spiro atoms. The Hall–Kier alpha value is -2.12. The molecule has 156 valence electrons. The zero-order chi connectivity index (χ0) is 21.4. The van der Waals surface area contributed by atoms with Crippen LogP contribution in [0.5, 0.6) is 5.75 Å². The molecule has 1 aromatic carbocycles. The van der Waals surface area contributed by atoms with E-state index in [0.29, 0.717) is 21.2 Å². The third-order valence-corrected chi connectivity index (χ3v) is 7.33. The molecule has 0 saturated carbocycles. The number of nitrogens with zero attached hydrogens (tertiary/aromatic N) is 2. The van der Waals surface area contributed by atoms with Crippen LogP contribution in [0.1, 0.15) is 5.56 Å². The normalized spacial score (nSPS) is 12.3. The molecule has 0 N–H and O–H groups in total. The number of hydrogen-bond acceptors (Lipinski definition) is 7. The Morgan fingerprint density at radius 1 is 1.34 bits per heavy atom. The monoisotopic (exact) mass is 512 g/mol. The van der Waals surface area contributed by atoms with E-state index in [9.17, 15) is 26.4 Å². The fourth-order valence-corrected chi connectivity index (χ4v) is 5.22. The second kappa shape index (κ2) is 7.95. The second-order valence-corrected chi connectivity index (χ2v) is 9.53. The number of methoxy groups -OCH3 is 1. The number of rotatable bonds is 6. The molecule has 0 radical (unpaired) electrons. The zero-order valence-corrected chi connectivity index (χ0v) is 17.8. The molecule has 0 saturated heterocycles. The van der Waals surface area contributed by atoms with Crippen LogP contribution in [0, 0.1) is 0 Å². The van der Waals surface area contributed by atoms with Crippen molar-refractivity contribution in [2.45, 2.75) is 17.6 Å². The van der Waals surface area contributed by atoms with E-state index in [-0.39, 0.29) is 5.89 Å². The smallest absolute Gasteiger partial charge is 0.437 e. The van der Waals surface area contributed by atoms with E-state index in [1.807, 2.05) is 0 Å². The summed E-state index contributed by atoms with van der Waals surface area (Å²) >= 11 is 4.47. The van der Waals surface area contributed by atoms with E-state index in [4.69, 9.17) is 9.15 Å². The minimum absolute atomic E-state index is 0.0565. The van der Waals surface area contributed by atoms with Crippen LogP contribution in [0.2, 0.25) is 0 Å². The van der Waals surface area contributed by atoms with Gasteiger partial charge in [0.25, 0.3) is 5.89 Å². The first-order valence-electron chi connectivity index (χ1n) is 7.82. The number of hydrogen-bond donors (Lipinski definition) is 0. The van der Waals surface area contributed by atoms with Crippen LogP contribution < -0.4 is 10.5 Å². The Labute approximate surface area is 174 Å². The van der Waals surface area contributed by atoms with Crippen molar-refractivity contribution >= 4 is 37.1 Å². The lowest BCUT2D eigenvalue weighted by Crippen LogP contribution is -2.22. The van der Waals surface area contributed by atoms with Crippen molar-refractivity contribution in [2.24, 2.45) is 0 Å². The number of sulfone groups is 1. The predicted molar refractivity (Wildman–Crippen MR) is 102 cm³/mol. The topological polar surface area (TPSA) is 91.4 Å². The van der Waals surface area contributed by atoms with Gasteiger partial charge in [0.05, 0.1) is 34.3 Å². The molecule has 0 unspecified atom stereocenters. The minimum atomic E-state index is -4.67. The Morgan fingerprint density at radius 2 is 2.07 bits per heavy atom. The Balaban J connectivity index is 1.83. The fraction of sp³-hybridized carbons (Fsp3) is 0.250. The van der Waals surface area contributed by atoms with Gasteiger partial charge in [-0.05, 0) is 34.1 Å². The third kappa shape index (κ3) is 4.56. The number of benzene rings is 1. The molecule has 0 atom stereocenters. The van der Waals surface area contributed by atoms with Gasteiger partial charge in [0, 0.05) is 5.38 Å². The molecule has 0 bridgehead atoms. The van der Waals surface area contributed by atoms with Gasteiger partial charge in [-0.1, -0.05) is 6.07 Å². The quantitative estimate of drug-likeness (QED) is 0.498. The van der Waals surface area contributed by atoms with Crippen LogP contribution >= 0.6 is 27.3 Å². The van der Waals surface area contributed by atoms with Crippen molar-refractivity contribution in [1.82, 2.24) is 9.78 Å². The van der Waals surface area contributed by atoms with Crippen molar-refractivity contribution in [3.63, 3.8) is 0 Å². The molecule has 0 aliphatic carbocycles. The zero-order valence-electron chi connectivity index (χ0n) is 14.6. The highest BCUT2D eigenvalue weighted by Gasteiger charge is 2.31. The number of alkyl halides is 3. The SMILES string of the molecule is COc1c(Br)csc1-c1nn(CCS(=O)(=O)c2cccc(C(F)(F)F)c2)c(=O)o1. The van der Waals surface area contributed by atoms with Crippen molar-refractivity contribution in [2.75, 3.05) is 12.9 Å². The van der Waals surface area contributed by atoms with E-state index in [1.165, 1.54) is 18.4 Å². The number of aryl methyl sites for hydroxylation is 1. The molecule has 0 amide bonds. The van der Waals surface area contributed by atoms with Gasteiger partial charge >= 0.3 is 11.9 Å². The van der Waals surface area contributed by atoms with Gasteiger partial charge < -0.3 is 9.15 Å². The molecule has 3 rings (SSSR count). The Bertz CT molecular complexity index is 1200. The lowest BCUT2D eigenvalue weighted by Gasteiger charge is -2.09. The van der Waals surface area contributed by atoms with E-state index in [2.05, 4.69) is 21.0 Å². The lowest BCUT2D eigenvalue weighted by atomic mass is 10.2. The first-order chi connectivity index (χ1) is 13.5. The second-order valence-electron chi connectivity index (χ2n) is 5.69. The molecule has 2 aromatic heterocycles. The van der Waals surface area contributed by atoms with Gasteiger partial charge in [0.15, 0.2) is 15.6 Å². The van der Waals surface area contributed by atoms with Gasteiger partial charge in [-0.25, -0.2) is 13.2 Å². The summed E-state index contributed by atoms with van der Waals surface area (Å²) < 4.78 is 74.9. The number of thiophene rings is 1. The van der Waals surface area contributed by atoms with Crippen LogP contribution in [-0.2, 0) is 22.6 Å². The van der Waals surface area contributed by atoms with Crippen molar-refractivity contribution < 1.29 is 30.7 Å². The maximum absolute atomic E-state index is 12.8. The molecule has 3 aromatic rings. The Kier molecular flexibility index (Phi) is 5.92. The minimum Gasteiger partial charge on any atom is -0.494 e. The highest BCUT2D eigenvalue weighted by Crippen LogP contribution is 2.40. The molecule has 0 fully saturated rings. The summed E-state index contributed by atoms with van der Waals surface area (Å²) in [6.07, 6.45) is -4.67. The van der Waals surface area contributed by atoms with Crippen LogP contribution in [0.3, 0.4) is 0 Å². The van der Waals surface area contributed by atoms with Gasteiger partial charge in [-0.2, -0.15) is 17.9 Å². The summed E-state index contributed by atoms with van der Waals surface area (Å²) in [6, 6.07) is 3.41. The summed E-state index contributed by atoms with van der Waals surface area (Å²) in [5.41, 5.74) is -1.07. The van der Waals surface area contributed by atoms with Crippen LogP contribution in [0.25, 0.3) is 10.8 Å². The maximum Gasteiger partial charge on any atom is 0.437 e. The standard InChI is InChI=1S/C16H12BrF3N2O5S2/c1-26-12-11(17)8-28-13(12)14-21-22(15(23)27-14)5-6-29(24,25)10-4-2-3-9(7-10)16(18,19)20/h2-4,7-8H,5-6H2,1H3. The van der Waals surface area contributed by atoms with Crippen molar-refractivity contribution in [1.29, 1.82) is 0 Å². The number of aromatic nitrogens is 2. The molecule has 2 heterocycles. The first-order valence-corrected chi connectivity index (χ1v) is 11.1. The fourth-order valence-electron chi connectivity index (χ4n) is 2.39. The first kappa shape index (κ1) is 21.6. The third-order valence-electron chi connectivity index (χ3n) is 3.80. The summed E-state index contributed by atoms with van der Waals surface area (Å²) in [5.74, 6) is -1.18. The molecule has 29 heavy (non-hydrogen) atoms. The molecule has 7 nitrogen and oxygen atoms in total. The Morgan fingerprint density at radius 3 is 2.72 bits per heavy atom. The van der Waals surface area contributed by atoms with Gasteiger partial charge in [0.2, 0.25) is 0 Å². The van der Waals surface area contributed by atoms with Gasteiger partial charge in [-0.3, -0.25) is 0 Å². The molecule has 0 aliphatic heterocycles. The van der Waals surface area contributed by atoms with Crippen LogP contribution in [0.15, 0.2) is 48.2 Å². The van der Waals surface area contributed by atoms with Crippen LogP contribution in [0.4, 0.5) is 13.2 Å². The van der Waals surface area contributed by atoms with E-state index < -0.39 is 44.5 Å². The average Bonchev–Trinajstić information content (AvgIpc) is 3.21. The summed E-state index contributed by atoms with van der Waals surface area (Å²) in [7, 11) is -2.67. The molecule has 13 heteroatoms. The predicted octanol–water partition coefficient (Wildman–Crippen LogP) is 3.83.